The zero-order chi connectivity index (χ0) is 23.1. The van der Waals surface area contributed by atoms with Gasteiger partial charge >= 0.3 is 0 Å². The third-order valence-corrected chi connectivity index (χ3v) is 5.94. The predicted molar refractivity (Wildman–Crippen MR) is 127 cm³/mol. The Hall–Kier alpha value is -2.93. The molecule has 0 unspecified atom stereocenters. The van der Waals surface area contributed by atoms with Crippen LogP contribution in [0.15, 0.2) is 41.3 Å². The minimum absolute atomic E-state index is 0.197. The molecule has 1 heterocycles. The van der Waals surface area contributed by atoms with Gasteiger partial charge in [0.25, 0.3) is 11.1 Å². The van der Waals surface area contributed by atoms with Gasteiger partial charge in [0.15, 0.2) is 11.5 Å². The topological polar surface area (TPSA) is 65.1 Å². The van der Waals surface area contributed by atoms with Crippen molar-refractivity contribution in [3.8, 4) is 17.2 Å². The maximum atomic E-state index is 12.8. The lowest BCUT2D eigenvalue weighted by atomic mass is 10.1. The van der Waals surface area contributed by atoms with Crippen molar-refractivity contribution >= 4 is 29.0 Å². The number of ether oxygens (including phenoxy) is 3. The summed E-state index contributed by atoms with van der Waals surface area (Å²) in [6.07, 6.45) is 3.71. The molecule has 0 aliphatic carbocycles. The largest absolute Gasteiger partial charge is 0.493 e. The van der Waals surface area contributed by atoms with Gasteiger partial charge in [-0.15, -0.1) is 0 Å². The van der Waals surface area contributed by atoms with Gasteiger partial charge in [0.05, 0.1) is 25.2 Å². The number of hydrogen-bond acceptors (Lipinski definition) is 6. The summed E-state index contributed by atoms with van der Waals surface area (Å²) in [6.45, 7) is 7.12. The fourth-order valence-electron chi connectivity index (χ4n) is 3.17. The minimum atomic E-state index is -0.313. The average molecular weight is 456 g/mol. The molecule has 0 spiro atoms. The van der Waals surface area contributed by atoms with Crippen molar-refractivity contribution in [1.82, 2.24) is 4.90 Å². The maximum Gasteiger partial charge on any atom is 0.293 e. The van der Waals surface area contributed by atoms with Crippen LogP contribution in [0.2, 0.25) is 0 Å². The Morgan fingerprint density at radius 2 is 1.75 bits per heavy atom. The average Bonchev–Trinajstić information content (AvgIpc) is 3.04. The van der Waals surface area contributed by atoms with Crippen LogP contribution in [0, 0.1) is 13.8 Å². The van der Waals surface area contributed by atoms with E-state index in [1.807, 2.05) is 44.2 Å². The van der Waals surface area contributed by atoms with E-state index in [9.17, 15) is 9.59 Å². The molecule has 0 aromatic heterocycles. The molecule has 0 N–H and O–H groups in total. The lowest BCUT2D eigenvalue weighted by Crippen LogP contribution is -2.32. The molecular weight excluding hydrogens is 426 g/mol. The molecule has 2 aromatic rings. The van der Waals surface area contributed by atoms with E-state index in [1.165, 1.54) is 4.90 Å². The highest BCUT2D eigenvalue weighted by molar-refractivity contribution is 8.18. The van der Waals surface area contributed by atoms with Crippen molar-refractivity contribution in [2.24, 2.45) is 0 Å². The number of hydrogen-bond donors (Lipinski definition) is 0. The smallest absolute Gasteiger partial charge is 0.293 e. The summed E-state index contributed by atoms with van der Waals surface area (Å²) in [5.41, 5.74) is 2.87. The van der Waals surface area contributed by atoms with Gasteiger partial charge in [-0.3, -0.25) is 14.5 Å². The summed E-state index contributed by atoms with van der Waals surface area (Å²) in [6, 6.07) is 11.4. The molecule has 1 saturated heterocycles. The normalized spacial score (nSPS) is 14.9. The summed E-state index contributed by atoms with van der Waals surface area (Å²) in [4.78, 5) is 26.8. The Bertz CT molecular complexity index is 1020. The number of benzene rings is 2. The van der Waals surface area contributed by atoms with Gasteiger partial charge < -0.3 is 14.2 Å². The molecule has 6 nitrogen and oxygen atoms in total. The number of unbranched alkanes of at least 4 members (excludes halogenated alkanes) is 1. The van der Waals surface area contributed by atoms with Gasteiger partial charge in [-0.05, 0) is 73.0 Å². The number of rotatable bonds is 10. The third-order valence-electron chi connectivity index (χ3n) is 5.03. The van der Waals surface area contributed by atoms with Crippen LogP contribution < -0.4 is 14.2 Å². The number of carbonyl (C=O) groups is 2. The molecule has 2 amide bonds. The Balaban J connectivity index is 1.65. The van der Waals surface area contributed by atoms with Crippen LogP contribution >= 0.6 is 11.8 Å². The fourth-order valence-corrected chi connectivity index (χ4v) is 4.04. The van der Waals surface area contributed by atoms with Gasteiger partial charge in [0.1, 0.15) is 12.4 Å². The predicted octanol–water partition coefficient (Wildman–Crippen LogP) is 5.61. The molecule has 32 heavy (non-hydrogen) atoms. The maximum absolute atomic E-state index is 12.8. The SMILES string of the molecule is CCCCOc1ccc(/C=C2\SC(=O)N(CCOc3cc(C)ccc3C)C2=O)cc1OC. The van der Waals surface area contributed by atoms with E-state index in [1.54, 1.807) is 19.3 Å². The van der Waals surface area contributed by atoms with Crippen LogP contribution in [-0.2, 0) is 4.79 Å². The lowest BCUT2D eigenvalue weighted by molar-refractivity contribution is -0.123. The number of thioether (sulfide) groups is 1. The molecule has 1 aliphatic heterocycles. The third kappa shape index (κ3) is 5.85. The molecule has 0 bridgehead atoms. The van der Waals surface area contributed by atoms with Crippen molar-refractivity contribution in [2.75, 3.05) is 26.9 Å². The lowest BCUT2D eigenvalue weighted by Gasteiger charge is -2.14. The van der Waals surface area contributed by atoms with E-state index in [0.717, 1.165) is 47.0 Å². The Morgan fingerprint density at radius 1 is 0.969 bits per heavy atom. The van der Waals surface area contributed by atoms with E-state index in [-0.39, 0.29) is 24.3 Å². The number of carbonyl (C=O) groups excluding carboxylic acids is 2. The van der Waals surface area contributed by atoms with Crippen molar-refractivity contribution in [3.05, 3.63) is 58.0 Å². The van der Waals surface area contributed by atoms with Gasteiger partial charge in [-0.1, -0.05) is 31.5 Å². The van der Waals surface area contributed by atoms with E-state index in [4.69, 9.17) is 14.2 Å². The zero-order valence-corrected chi connectivity index (χ0v) is 19.8. The van der Waals surface area contributed by atoms with E-state index >= 15 is 0 Å². The monoisotopic (exact) mass is 455 g/mol. The van der Waals surface area contributed by atoms with E-state index in [0.29, 0.717) is 23.0 Å². The molecule has 170 valence electrons. The van der Waals surface area contributed by atoms with E-state index in [2.05, 4.69) is 6.92 Å². The molecule has 7 heteroatoms. The summed E-state index contributed by atoms with van der Waals surface area (Å²) in [5, 5.41) is -0.294. The second-order valence-electron chi connectivity index (χ2n) is 7.56. The van der Waals surface area contributed by atoms with Crippen molar-refractivity contribution in [3.63, 3.8) is 0 Å². The summed E-state index contributed by atoms with van der Waals surface area (Å²) in [7, 11) is 1.58. The second-order valence-corrected chi connectivity index (χ2v) is 8.56. The van der Waals surface area contributed by atoms with Gasteiger partial charge in [0, 0.05) is 0 Å². The molecule has 1 aliphatic rings. The first kappa shape index (κ1) is 23.7. The molecule has 1 fully saturated rings. The first-order valence-corrected chi connectivity index (χ1v) is 11.5. The van der Waals surface area contributed by atoms with Gasteiger partial charge in [0.2, 0.25) is 0 Å². The fraction of sp³-hybridized carbons (Fsp3) is 0.360. The van der Waals surface area contributed by atoms with Crippen LogP contribution in [0.4, 0.5) is 4.79 Å². The molecule has 2 aromatic carbocycles. The highest BCUT2D eigenvalue weighted by Crippen LogP contribution is 2.34. The van der Waals surface area contributed by atoms with Crippen molar-refractivity contribution in [1.29, 1.82) is 0 Å². The number of methoxy groups -OCH3 is 1. The quantitative estimate of drug-likeness (QED) is 0.343. The number of amides is 2. The minimum Gasteiger partial charge on any atom is -0.493 e. The number of nitrogens with zero attached hydrogens (tertiary/aromatic N) is 1. The standard InChI is InChI=1S/C25H29NO5S/c1-5-6-12-30-20-10-9-19(15-22(20)29-4)16-23-24(27)26(25(28)32-23)11-13-31-21-14-17(2)7-8-18(21)3/h7-10,14-16H,5-6,11-13H2,1-4H3/b23-16-. The highest BCUT2D eigenvalue weighted by atomic mass is 32.2. The zero-order valence-electron chi connectivity index (χ0n) is 19.0. The van der Waals surface area contributed by atoms with Crippen LogP contribution in [-0.4, -0.2) is 42.9 Å². The van der Waals surface area contributed by atoms with Crippen LogP contribution in [0.5, 0.6) is 17.2 Å². The van der Waals surface area contributed by atoms with Gasteiger partial charge in [-0.2, -0.15) is 0 Å². The summed E-state index contributed by atoms with van der Waals surface area (Å²) < 4.78 is 17.0. The Labute approximate surface area is 193 Å². The van der Waals surface area contributed by atoms with Gasteiger partial charge in [-0.25, -0.2) is 0 Å². The van der Waals surface area contributed by atoms with Crippen molar-refractivity contribution < 1.29 is 23.8 Å². The molecule has 0 radical (unpaired) electrons. The molecule has 0 saturated carbocycles. The second kappa shape index (κ2) is 11.1. The first-order valence-electron chi connectivity index (χ1n) is 10.7. The number of aryl methyl sites for hydroxylation is 2. The molecule has 3 rings (SSSR count). The molecule has 0 atom stereocenters. The first-order chi connectivity index (χ1) is 15.4. The Kier molecular flexibility index (Phi) is 8.22. The highest BCUT2D eigenvalue weighted by Gasteiger charge is 2.34. The van der Waals surface area contributed by atoms with Crippen LogP contribution in [0.3, 0.4) is 0 Å². The Morgan fingerprint density at radius 3 is 2.50 bits per heavy atom. The van der Waals surface area contributed by atoms with Crippen molar-refractivity contribution in [2.45, 2.75) is 33.6 Å². The molecular formula is C25H29NO5S. The van der Waals surface area contributed by atoms with E-state index < -0.39 is 0 Å². The summed E-state index contributed by atoms with van der Waals surface area (Å²) in [5.74, 6) is 1.71. The van der Waals surface area contributed by atoms with Crippen LogP contribution in [0.25, 0.3) is 6.08 Å². The number of imide groups is 1. The van der Waals surface area contributed by atoms with Crippen LogP contribution in [0.1, 0.15) is 36.5 Å². The summed E-state index contributed by atoms with van der Waals surface area (Å²) >= 11 is 0.934.